The van der Waals surface area contributed by atoms with Crippen molar-refractivity contribution in [3.63, 3.8) is 0 Å². The molecule has 1 aromatic heterocycles. The van der Waals surface area contributed by atoms with Crippen molar-refractivity contribution in [2.45, 2.75) is 39.0 Å². The van der Waals surface area contributed by atoms with E-state index in [4.69, 9.17) is 0 Å². The van der Waals surface area contributed by atoms with Crippen LogP contribution in [-0.4, -0.2) is 46.8 Å². The molecule has 1 aromatic carbocycles. The van der Waals surface area contributed by atoms with E-state index in [0.29, 0.717) is 12.2 Å². The lowest BCUT2D eigenvalue weighted by atomic mass is 10.1. The summed E-state index contributed by atoms with van der Waals surface area (Å²) in [7, 11) is 1.81. The molecule has 1 amide bonds. The molecule has 2 aliphatic rings. The van der Waals surface area contributed by atoms with Gasteiger partial charge >= 0.3 is 0 Å². The Hall–Kier alpha value is -2.78. The molecule has 0 atom stereocenters. The second-order valence-corrected chi connectivity index (χ2v) is 7.82. The second kappa shape index (κ2) is 8.71. The normalized spacial score (nSPS) is 16.3. The molecule has 3 heterocycles. The summed E-state index contributed by atoms with van der Waals surface area (Å²) >= 11 is 0. The van der Waals surface area contributed by atoms with Crippen molar-refractivity contribution in [3.05, 3.63) is 35.7 Å². The van der Waals surface area contributed by atoms with Gasteiger partial charge in [-0.25, -0.2) is 0 Å². The molecule has 152 valence electrons. The maximum Gasteiger partial charge on any atom is 0.276 e. The van der Waals surface area contributed by atoms with Crippen molar-refractivity contribution in [2.24, 2.45) is 7.05 Å². The van der Waals surface area contributed by atoms with Crippen LogP contribution in [0.1, 0.15) is 48.3 Å². The van der Waals surface area contributed by atoms with Crippen LogP contribution in [-0.2, 0) is 7.05 Å². The van der Waals surface area contributed by atoms with Crippen LogP contribution in [0.25, 0.3) is 0 Å². The van der Waals surface area contributed by atoms with Gasteiger partial charge in [0.1, 0.15) is 5.69 Å². The highest BCUT2D eigenvalue weighted by atomic mass is 16.2. The van der Waals surface area contributed by atoms with Gasteiger partial charge < -0.3 is 15.1 Å². The number of carbonyl (C=O) groups is 1. The zero-order valence-corrected chi connectivity index (χ0v) is 17.4. The van der Waals surface area contributed by atoms with E-state index in [2.05, 4.69) is 32.1 Å². The largest absolute Gasteiger partial charge is 0.324 e. The van der Waals surface area contributed by atoms with Gasteiger partial charge in [0.2, 0.25) is 0 Å². The van der Waals surface area contributed by atoms with Gasteiger partial charge in [0.15, 0.2) is 0 Å². The number of nitrogens with zero attached hydrogens (tertiary/aromatic N) is 4. The van der Waals surface area contributed by atoms with Crippen molar-refractivity contribution in [1.82, 2.24) is 14.7 Å². The third-order valence-corrected chi connectivity index (χ3v) is 5.71. The average Bonchev–Trinajstić information content (AvgIpc) is 2.95. The summed E-state index contributed by atoms with van der Waals surface area (Å²) in [5.74, 6) is 6.54. The molecule has 1 fully saturated rings. The number of benzene rings is 1. The van der Waals surface area contributed by atoms with E-state index in [1.807, 2.05) is 38.2 Å². The highest BCUT2D eigenvalue weighted by Gasteiger charge is 2.30. The Morgan fingerprint density at radius 2 is 1.93 bits per heavy atom. The number of fused-ring (bicyclic) bond motifs is 2. The first-order valence-corrected chi connectivity index (χ1v) is 10.5. The lowest BCUT2D eigenvalue weighted by molar-refractivity contribution is 0.101. The van der Waals surface area contributed by atoms with Crippen molar-refractivity contribution >= 4 is 23.0 Å². The summed E-state index contributed by atoms with van der Waals surface area (Å²) < 4.78 is 1.66. The predicted octanol–water partition coefficient (Wildman–Crippen LogP) is 3.70. The number of aryl methyl sites for hydroxylation is 2. The van der Waals surface area contributed by atoms with E-state index < -0.39 is 0 Å². The molecule has 6 heteroatoms. The Balaban J connectivity index is 1.49. The first-order chi connectivity index (χ1) is 14.1. The summed E-state index contributed by atoms with van der Waals surface area (Å²) in [5, 5.41) is 7.49. The molecule has 2 aromatic rings. The zero-order valence-electron chi connectivity index (χ0n) is 17.4. The van der Waals surface area contributed by atoms with Crippen LogP contribution in [0.2, 0.25) is 0 Å². The third-order valence-electron chi connectivity index (χ3n) is 5.71. The highest BCUT2D eigenvalue weighted by Crippen LogP contribution is 2.38. The minimum atomic E-state index is -0.132. The highest BCUT2D eigenvalue weighted by molar-refractivity contribution is 6.11. The van der Waals surface area contributed by atoms with Crippen LogP contribution >= 0.6 is 0 Å². The number of carbonyl (C=O) groups excluding carboxylic acids is 1. The van der Waals surface area contributed by atoms with Crippen LogP contribution in [0.5, 0.6) is 0 Å². The molecule has 0 unspecified atom stereocenters. The predicted molar refractivity (Wildman–Crippen MR) is 117 cm³/mol. The number of piperidine rings is 1. The molecule has 0 radical (unpaired) electrons. The van der Waals surface area contributed by atoms with E-state index in [0.717, 1.165) is 42.1 Å². The molecule has 29 heavy (non-hydrogen) atoms. The maximum absolute atomic E-state index is 12.8. The molecule has 0 aliphatic carbocycles. The monoisotopic (exact) mass is 391 g/mol. The Morgan fingerprint density at radius 3 is 2.76 bits per heavy atom. The smallest absolute Gasteiger partial charge is 0.276 e. The minimum absolute atomic E-state index is 0.132. The van der Waals surface area contributed by atoms with E-state index in [-0.39, 0.29) is 5.91 Å². The summed E-state index contributed by atoms with van der Waals surface area (Å²) in [5.41, 5.74) is 4.02. The number of likely N-dealkylation sites (tertiary alicyclic amines) is 1. The molecular formula is C23H29N5O. The fourth-order valence-corrected chi connectivity index (χ4v) is 4.30. The van der Waals surface area contributed by atoms with Crippen LogP contribution in [0.3, 0.4) is 0 Å². The number of aromatic nitrogens is 2. The summed E-state index contributed by atoms with van der Waals surface area (Å²) in [6.45, 7) is 6.10. The minimum Gasteiger partial charge on any atom is -0.324 e. The topological polar surface area (TPSA) is 53.4 Å². The van der Waals surface area contributed by atoms with Gasteiger partial charge in [-0.2, -0.15) is 5.10 Å². The van der Waals surface area contributed by atoms with E-state index in [1.165, 1.54) is 32.4 Å². The lowest BCUT2D eigenvalue weighted by Gasteiger charge is -2.25. The summed E-state index contributed by atoms with van der Waals surface area (Å²) in [4.78, 5) is 17.4. The number of para-hydroxylation sites is 2. The zero-order chi connectivity index (χ0) is 20.2. The number of hydrogen-bond acceptors (Lipinski definition) is 4. The Kier molecular flexibility index (Phi) is 5.86. The number of unbranched alkanes of at least 4 members (excludes halogenated alkanes) is 1. The number of amides is 1. The molecule has 0 saturated carbocycles. The van der Waals surface area contributed by atoms with Gasteiger partial charge in [-0.05, 0) is 58.0 Å². The molecule has 4 rings (SSSR count). The SMILES string of the molecule is Cc1nn(C)c2c1N(CC#CCCCN1CCCCC1)c1ccccc1NC2=O. The molecule has 2 aliphatic heterocycles. The van der Waals surface area contributed by atoms with Crippen LogP contribution in [0.4, 0.5) is 17.1 Å². The maximum atomic E-state index is 12.8. The van der Waals surface area contributed by atoms with Crippen molar-refractivity contribution in [3.8, 4) is 11.8 Å². The molecule has 1 saturated heterocycles. The van der Waals surface area contributed by atoms with Crippen LogP contribution in [0, 0.1) is 18.8 Å². The standard InChI is InChI=1S/C23H29N5O/c1-18-21-22(26(2)25-18)23(29)24-19-12-6-7-13-20(19)28(21)17-11-4-3-8-14-27-15-9-5-10-16-27/h6-7,12-13H,3,5,8-10,14-17H2,1-2H3,(H,24,29). The summed E-state index contributed by atoms with van der Waals surface area (Å²) in [6.07, 6.45) is 6.06. The molecule has 6 nitrogen and oxygen atoms in total. The van der Waals surface area contributed by atoms with Crippen molar-refractivity contribution in [1.29, 1.82) is 0 Å². The fraction of sp³-hybridized carbons (Fsp3) is 0.478. The van der Waals surface area contributed by atoms with Gasteiger partial charge in [0.25, 0.3) is 5.91 Å². The average molecular weight is 392 g/mol. The Labute approximate surface area is 172 Å². The van der Waals surface area contributed by atoms with Gasteiger partial charge in [0, 0.05) is 13.5 Å². The van der Waals surface area contributed by atoms with Gasteiger partial charge in [-0.15, -0.1) is 5.92 Å². The van der Waals surface area contributed by atoms with Crippen molar-refractivity contribution in [2.75, 3.05) is 36.4 Å². The van der Waals surface area contributed by atoms with Crippen molar-refractivity contribution < 1.29 is 4.79 Å². The van der Waals surface area contributed by atoms with Gasteiger partial charge in [-0.3, -0.25) is 9.48 Å². The summed E-state index contributed by atoms with van der Waals surface area (Å²) in [6, 6.07) is 7.88. The third kappa shape index (κ3) is 4.15. The molecule has 0 bridgehead atoms. The number of rotatable bonds is 4. The lowest BCUT2D eigenvalue weighted by Crippen LogP contribution is -2.30. The van der Waals surface area contributed by atoms with Crippen LogP contribution in [0.15, 0.2) is 24.3 Å². The number of nitrogens with one attached hydrogen (secondary N) is 1. The molecule has 0 spiro atoms. The van der Waals surface area contributed by atoms with Crippen LogP contribution < -0.4 is 10.2 Å². The second-order valence-electron chi connectivity index (χ2n) is 7.82. The quantitative estimate of drug-likeness (QED) is 0.638. The number of anilines is 3. The van der Waals surface area contributed by atoms with E-state index >= 15 is 0 Å². The van der Waals surface area contributed by atoms with Gasteiger partial charge in [0.05, 0.1) is 29.3 Å². The molecule has 1 N–H and O–H groups in total. The molecular weight excluding hydrogens is 362 g/mol. The first kappa shape index (κ1) is 19.5. The number of hydrogen-bond donors (Lipinski definition) is 1. The Morgan fingerprint density at radius 1 is 1.14 bits per heavy atom. The Bertz CT molecular complexity index is 946. The van der Waals surface area contributed by atoms with Gasteiger partial charge in [-0.1, -0.05) is 24.5 Å². The fourth-order valence-electron chi connectivity index (χ4n) is 4.30. The first-order valence-electron chi connectivity index (χ1n) is 10.5. The van der Waals surface area contributed by atoms with E-state index in [9.17, 15) is 4.79 Å². The van der Waals surface area contributed by atoms with E-state index in [1.54, 1.807) is 4.68 Å².